The van der Waals surface area contributed by atoms with Gasteiger partial charge < -0.3 is 10.2 Å². The maximum Gasteiger partial charge on any atom is 0.152 e. The Morgan fingerprint density at radius 1 is 1.12 bits per heavy atom. The zero-order valence-corrected chi connectivity index (χ0v) is 12.1. The van der Waals surface area contributed by atoms with Gasteiger partial charge in [-0.05, 0) is 24.9 Å². The molecule has 0 aromatic heterocycles. The smallest absolute Gasteiger partial charge is 0.152 e. The first-order valence-electron chi connectivity index (χ1n) is 6.52. The Morgan fingerprint density at radius 2 is 1.71 bits per heavy atom. The fraction of sp³-hybridized carbons (Fsp3) is 1.00. The molecule has 0 aliphatic carbocycles. The van der Waals surface area contributed by atoms with Crippen molar-refractivity contribution in [3.05, 3.63) is 0 Å². The molecule has 5 heteroatoms. The highest BCUT2D eigenvalue weighted by atomic mass is 32.2. The minimum atomic E-state index is -2.74. The van der Waals surface area contributed by atoms with Gasteiger partial charge in [-0.2, -0.15) is 0 Å². The third-order valence-electron chi connectivity index (χ3n) is 3.05. The van der Waals surface area contributed by atoms with Gasteiger partial charge in [-0.1, -0.05) is 20.8 Å². The summed E-state index contributed by atoms with van der Waals surface area (Å²) >= 11 is 0. The minimum absolute atomic E-state index is 0.332. The Balaban J connectivity index is 2.17. The third-order valence-corrected chi connectivity index (χ3v) is 4.66. The predicted molar refractivity (Wildman–Crippen MR) is 72.0 cm³/mol. The van der Waals surface area contributed by atoms with E-state index in [9.17, 15) is 8.42 Å². The Morgan fingerprint density at radius 3 is 2.24 bits per heavy atom. The molecule has 1 aliphatic heterocycles. The van der Waals surface area contributed by atoms with Crippen LogP contribution in [0, 0.1) is 11.8 Å². The van der Waals surface area contributed by atoms with E-state index >= 15 is 0 Å². The van der Waals surface area contributed by atoms with Gasteiger partial charge in [0.1, 0.15) is 0 Å². The number of hydrogen-bond donors (Lipinski definition) is 1. The molecule has 0 radical (unpaired) electrons. The van der Waals surface area contributed by atoms with Gasteiger partial charge in [0.2, 0.25) is 0 Å². The van der Waals surface area contributed by atoms with Gasteiger partial charge >= 0.3 is 0 Å². The highest BCUT2D eigenvalue weighted by Gasteiger charge is 2.22. The summed E-state index contributed by atoms with van der Waals surface area (Å²) in [5.74, 6) is 1.93. The van der Waals surface area contributed by atoms with Crippen LogP contribution < -0.4 is 5.32 Å². The molecule has 0 saturated carbocycles. The predicted octanol–water partition coefficient (Wildman–Crippen LogP) is 0.599. The summed E-state index contributed by atoms with van der Waals surface area (Å²) in [6, 6.07) is 0. The molecular weight excluding hydrogens is 236 g/mol. The summed E-state index contributed by atoms with van der Waals surface area (Å²) in [5, 5.41) is 3.45. The van der Waals surface area contributed by atoms with Crippen LogP contribution in [0.15, 0.2) is 0 Å². The van der Waals surface area contributed by atoms with Gasteiger partial charge in [-0.15, -0.1) is 0 Å². The van der Waals surface area contributed by atoms with E-state index < -0.39 is 9.84 Å². The first-order valence-corrected chi connectivity index (χ1v) is 8.34. The quantitative estimate of drug-likeness (QED) is 0.761. The van der Waals surface area contributed by atoms with Crippen LogP contribution in [-0.2, 0) is 9.84 Å². The Labute approximate surface area is 106 Å². The number of nitrogens with zero attached hydrogens (tertiary/aromatic N) is 1. The van der Waals surface area contributed by atoms with Gasteiger partial charge in [-0.25, -0.2) is 8.42 Å². The normalized spacial score (nSPS) is 22.8. The van der Waals surface area contributed by atoms with Crippen LogP contribution in [-0.4, -0.2) is 57.5 Å². The lowest BCUT2D eigenvalue weighted by molar-refractivity contribution is 0.250. The van der Waals surface area contributed by atoms with Crippen LogP contribution in [0.3, 0.4) is 0 Å². The first kappa shape index (κ1) is 14.9. The SMILES string of the molecule is CC(C)CNCC(C)CN1CCS(=O)(=O)CC1. The zero-order valence-electron chi connectivity index (χ0n) is 11.3. The summed E-state index contributed by atoms with van der Waals surface area (Å²) in [6.07, 6.45) is 0. The fourth-order valence-electron chi connectivity index (χ4n) is 2.06. The molecule has 1 rings (SSSR count). The summed E-state index contributed by atoms with van der Waals surface area (Å²) in [6.45, 7) is 11.1. The molecule has 0 aromatic carbocycles. The van der Waals surface area contributed by atoms with Gasteiger partial charge in [0.05, 0.1) is 11.5 Å². The second-order valence-corrected chi connectivity index (χ2v) is 7.91. The van der Waals surface area contributed by atoms with E-state index in [1.54, 1.807) is 0 Å². The van der Waals surface area contributed by atoms with E-state index in [1.165, 1.54) is 0 Å². The highest BCUT2D eigenvalue weighted by Crippen LogP contribution is 2.06. The van der Waals surface area contributed by atoms with Crippen LogP contribution in [0.25, 0.3) is 0 Å². The van der Waals surface area contributed by atoms with Crippen molar-refractivity contribution < 1.29 is 8.42 Å². The molecule has 1 N–H and O–H groups in total. The van der Waals surface area contributed by atoms with E-state index in [0.29, 0.717) is 36.4 Å². The lowest BCUT2D eigenvalue weighted by atomic mass is 10.1. The Bertz CT molecular complexity index is 300. The molecular formula is C12H26N2O2S. The lowest BCUT2D eigenvalue weighted by Crippen LogP contribution is -2.43. The van der Waals surface area contributed by atoms with Crippen molar-refractivity contribution in [1.29, 1.82) is 0 Å². The molecule has 1 saturated heterocycles. The van der Waals surface area contributed by atoms with Crippen molar-refractivity contribution in [1.82, 2.24) is 10.2 Å². The second-order valence-electron chi connectivity index (χ2n) is 5.61. The van der Waals surface area contributed by atoms with E-state index in [0.717, 1.165) is 19.6 Å². The zero-order chi connectivity index (χ0) is 12.9. The number of sulfone groups is 1. The number of rotatable bonds is 6. The molecule has 1 unspecified atom stereocenters. The maximum atomic E-state index is 11.3. The molecule has 1 fully saturated rings. The van der Waals surface area contributed by atoms with E-state index in [1.807, 2.05) is 0 Å². The van der Waals surface area contributed by atoms with Crippen LogP contribution >= 0.6 is 0 Å². The van der Waals surface area contributed by atoms with Gasteiger partial charge in [0.25, 0.3) is 0 Å². The molecule has 0 bridgehead atoms. The van der Waals surface area contributed by atoms with Crippen molar-refractivity contribution in [3.8, 4) is 0 Å². The molecule has 17 heavy (non-hydrogen) atoms. The highest BCUT2D eigenvalue weighted by molar-refractivity contribution is 7.91. The van der Waals surface area contributed by atoms with E-state index in [4.69, 9.17) is 0 Å². The first-order chi connectivity index (χ1) is 7.89. The average molecular weight is 262 g/mol. The maximum absolute atomic E-state index is 11.3. The van der Waals surface area contributed by atoms with Crippen LogP contribution in [0.4, 0.5) is 0 Å². The number of hydrogen-bond acceptors (Lipinski definition) is 4. The van der Waals surface area contributed by atoms with Gasteiger partial charge in [0.15, 0.2) is 9.84 Å². The lowest BCUT2D eigenvalue weighted by Gasteiger charge is -2.29. The van der Waals surface area contributed by atoms with Gasteiger partial charge in [0, 0.05) is 19.6 Å². The van der Waals surface area contributed by atoms with Crippen LogP contribution in [0.1, 0.15) is 20.8 Å². The van der Waals surface area contributed by atoms with Crippen molar-refractivity contribution in [3.63, 3.8) is 0 Å². The van der Waals surface area contributed by atoms with E-state index in [2.05, 4.69) is 31.0 Å². The largest absolute Gasteiger partial charge is 0.316 e. The molecule has 1 atom stereocenters. The molecule has 4 nitrogen and oxygen atoms in total. The molecule has 0 spiro atoms. The summed E-state index contributed by atoms with van der Waals surface area (Å²) in [5.41, 5.74) is 0. The summed E-state index contributed by atoms with van der Waals surface area (Å²) in [7, 11) is -2.74. The molecule has 0 amide bonds. The Kier molecular flexibility index (Phi) is 5.89. The Hall–Kier alpha value is -0.130. The minimum Gasteiger partial charge on any atom is -0.316 e. The monoisotopic (exact) mass is 262 g/mol. The number of nitrogens with one attached hydrogen (secondary N) is 1. The molecule has 0 aromatic rings. The molecule has 102 valence electrons. The average Bonchev–Trinajstić information content (AvgIpc) is 2.21. The summed E-state index contributed by atoms with van der Waals surface area (Å²) < 4.78 is 22.6. The van der Waals surface area contributed by atoms with E-state index in [-0.39, 0.29) is 0 Å². The van der Waals surface area contributed by atoms with Gasteiger partial charge in [-0.3, -0.25) is 0 Å². The van der Waals surface area contributed by atoms with Crippen molar-refractivity contribution >= 4 is 9.84 Å². The second kappa shape index (κ2) is 6.71. The third kappa shape index (κ3) is 6.38. The molecule has 1 heterocycles. The van der Waals surface area contributed by atoms with Crippen molar-refractivity contribution in [2.75, 3.05) is 44.2 Å². The summed E-state index contributed by atoms with van der Waals surface area (Å²) in [4.78, 5) is 2.27. The fourth-order valence-corrected chi connectivity index (χ4v) is 3.33. The molecule has 1 aliphatic rings. The van der Waals surface area contributed by atoms with Crippen LogP contribution in [0.5, 0.6) is 0 Å². The van der Waals surface area contributed by atoms with Crippen molar-refractivity contribution in [2.45, 2.75) is 20.8 Å². The standard InChI is InChI=1S/C12H26N2O2S/c1-11(2)8-13-9-12(3)10-14-4-6-17(15,16)7-5-14/h11-13H,4-10H2,1-3H3. The van der Waals surface area contributed by atoms with Crippen LogP contribution in [0.2, 0.25) is 0 Å². The van der Waals surface area contributed by atoms with Crippen molar-refractivity contribution in [2.24, 2.45) is 11.8 Å². The topological polar surface area (TPSA) is 49.4 Å².